The van der Waals surface area contributed by atoms with Crippen LogP contribution in [0.25, 0.3) is 10.2 Å². The number of thiazole rings is 1. The van der Waals surface area contributed by atoms with E-state index < -0.39 is 0 Å². The van der Waals surface area contributed by atoms with Gasteiger partial charge in [0.25, 0.3) is 5.19 Å². The van der Waals surface area contributed by atoms with Crippen LogP contribution in [0.4, 0.5) is 4.79 Å². The molecule has 0 radical (unpaired) electrons. The largest absolute Gasteiger partial charge is 0.497 e. The Labute approximate surface area is 168 Å². The highest BCUT2D eigenvalue weighted by Gasteiger charge is 2.24. The number of nitrogens with one attached hydrogen (secondary N) is 1. The van der Waals surface area contributed by atoms with E-state index >= 15 is 0 Å². The van der Waals surface area contributed by atoms with Gasteiger partial charge in [0.05, 0.1) is 17.3 Å². The molecule has 2 heterocycles. The summed E-state index contributed by atoms with van der Waals surface area (Å²) in [5, 5.41) is 3.66. The van der Waals surface area contributed by atoms with Crippen LogP contribution in [0, 0.1) is 0 Å². The van der Waals surface area contributed by atoms with E-state index in [1.807, 2.05) is 53.4 Å². The van der Waals surface area contributed by atoms with E-state index in [9.17, 15) is 4.79 Å². The van der Waals surface area contributed by atoms with Gasteiger partial charge in [0.15, 0.2) is 0 Å². The van der Waals surface area contributed by atoms with Crippen molar-refractivity contribution in [1.82, 2.24) is 15.2 Å². The summed E-state index contributed by atoms with van der Waals surface area (Å²) >= 11 is 1.54. The molecular weight excluding hydrogens is 374 g/mol. The number of likely N-dealkylation sites (tertiary alicyclic amines) is 1. The smallest absolute Gasteiger partial charge is 0.317 e. The van der Waals surface area contributed by atoms with Crippen molar-refractivity contribution in [2.45, 2.75) is 25.5 Å². The monoisotopic (exact) mass is 397 g/mol. The maximum Gasteiger partial charge on any atom is 0.317 e. The van der Waals surface area contributed by atoms with Gasteiger partial charge in [-0.25, -0.2) is 9.78 Å². The van der Waals surface area contributed by atoms with Crippen molar-refractivity contribution in [3.63, 3.8) is 0 Å². The molecule has 0 bridgehead atoms. The fourth-order valence-corrected chi connectivity index (χ4v) is 4.13. The molecule has 1 saturated heterocycles. The molecule has 1 N–H and O–H groups in total. The number of benzene rings is 2. The first-order chi connectivity index (χ1) is 13.7. The van der Waals surface area contributed by atoms with E-state index in [1.54, 1.807) is 18.4 Å². The number of urea groups is 1. The molecule has 2 amide bonds. The number of amides is 2. The third kappa shape index (κ3) is 4.36. The Bertz CT molecular complexity index is 936. The van der Waals surface area contributed by atoms with Crippen LogP contribution in [0.15, 0.2) is 48.5 Å². The van der Waals surface area contributed by atoms with Crippen molar-refractivity contribution in [2.24, 2.45) is 0 Å². The van der Waals surface area contributed by atoms with E-state index in [1.165, 1.54) is 0 Å². The number of hydrogen-bond donors (Lipinski definition) is 1. The molecule has 4 rings (SSSR count). The molecule has 1 aromatic heterocycles. The van der Waals surface area contributed by atoms with Gasteiger partial charge in [-0.2, -0.15) is 0 Å². The Morgan fingerprint density at radius 2 is 2.00 bits per heavy atom. The third-order valence-corrected chi connectivity index (χ3v) is 5.79. The SMILES string of the molecule is COc1ccc2sc(OC3CCN(C(=O)NCc4ccccc4)CC3)nc2c1. The predicted molar refractivity (Wildman–Crippen MR) is 110 cm³/mol. The lowest BCUT2D eigenvalue weighted by Gasteiger charge is -2.31. The molecule has 1 aliphatic rings. The van der Waals surface area contributed by atoms with E-state index in [4.69, 9.17) is 9.47 Å². The minimum absolute atomic E-state index is 0.0191. The number of fused-ring (bicyclic) bond motifs is 1. The lowest BCUT2D eigenvalue weighted by Crippen LogP contribution is -2.46. The van der Waals surface area contributed by atoms with Crippen LogP contribution < -0.4 is 14.8 Å². The number of ether oxygens (including phenoxy) is 2. The minimum Gasteiger partial charge on any atom is -0.497 e. The standard InChI is InChI=1S/C21H23N3O3S/c1-26-17-7-8-19-18(13-17)23-21(28-19)27-16-9-11-24(12-10-16)20(25)22-14-15-5-3-2-4-6-15/h2-8,13,16H,9-12,14H2,1H3,(H,22,25). The lowest BCUT2D eigenvalue weighted by atomic mass is 10.1. The fraction of sp³-hybridized carbons (Fsp3) is 0.333. The molecule has 6 nitrogen and oxygen atoms in total. The average molecular weight is 398 g/mol. The summed E-state index contributed by atoms with van der Waals surface area (Å²) < 4.78 is 12.4. The number of methoxy groups -OCH3 is 1. The Morgan fingerprint density at radius 1 is 1.21 bits per heavy atom. The molecule has 0 unspecified atom stereocenters. The highest BCUT2D eigenvalue weighted by atomic mass is 32.1. The van der Waals surface area contributed by atoms with Crippen LogP contribution in [-0.2, 0) is 6.54 Å². The topological polar surface area (TPSA) is 63.7 Å². The van der Waals surface area contributed by atoms with Crippen molar-refractivity contribution in [2.75, 3.05) is 20.2 Å². The summed E-state index contributed by atoms with van der Waals surface area (Å²) in [6.07, 6.45) is 1.69. The Kier molecular flexibility index (Phi) is 5.62. The third-order valence-electron chi connectivity index (χ3n) is 4.86. The van der Waals surface area contributed by atoms with Crippen molar-refractivity contribution < 1.29 is 14.3 Å². The number of nitrogens with zero attached hydrogens (tertiary/aromatic N) is 2. The second-order valence-corrected chi connectivity index (χ2v) is 7.76. The predicted octanol–water partition coefficient (Wildman–Crippen LogP) is 4.06. The molecule has 1 aliphatic heterocycles. The molecule has 0 spiro atoms. The van der Waals surface area contributed by atoms with Crippen molar-refractivity contribution in [3.8, 4) is 10.9 Å². The number of carbonyl (C=O) groups excluding carboxylic acids is 1. The zero-order valence-corrected chi connectivity index (χ0v) is 16.6. The first-order valence-corrected chi connectivity index (χ1v) is 10.2. The van der Waals surface area contributed by atoms with Gasteiger partial charge in [0, 0.05) is 38.5 Å². The van der Waals surface area contributed by atoms with E-state index in [-0.39, 0.29) is 12.1 Å². The first kappa shape index (κ1) is 18.6. The Balaban J connectivity index is 1.27. The molecule has 28 heavy (non-hydrogen) atoms. The number of aromatic nitrogens is 1. The molecule has 2 aromatic carbocycles. The average Bonchev–Trinajstić information content (AvgIpc) is 3.14. The van der Waals surface area contributed by atoms with Gasteiger partial charge < -0.3 is 19.7 Å². The highest BCUT2D eigenvalue weighted by Crippen LogP contribution is 2.31. The van der Waals surface area contributed by atoms with Crippen LogP contribution in [0.3, 0.4) is 0 Å². The Morgan fingerprint density at radius 3 is 2.75 bits per heavy atom. The van der Waals surface area contributed by atoms with E-state index in [2.05, 4.69) is 10.3 Å². The van der Waals surface area contributed by atoms with Gasteiger partial charge in [-0.15, -0.1) is 0 Å². The van der Waals surface area contributed by atoms with Gasteiger partial charge in [-0.1, -0.05) is 41.7 Å². The maximum atomic E-state index is 12.4. The maximum absolute atomic E-state index is 12.4. The summed E-state index contributed by atoms with van der Waals surface area (Å²) in [6, 6.07) is 15.8. The van der Waals surface area contributed by atoms with Crippen molar-refractivity contribution in [3.05, 3.63) is 54.1 Å². The number of carbonyl (C=O) groups is 1. The second-order valence-electron chi connectivity index (χ2n) is 6.76. The summed E-state index contributed by atoms with van der Waals surface area (Å²) in [7, 11) is 1.65. The number of rotatable bonds is 5. The van der Waals surface area contributed by atoms with Crippen LogP contribution in [0.5, 0.6) is 10.9 Å². The second kappa shape index (κ2) is 8.48. The molecule has 1 fully saturated rings. The van der Waals surface area contributed by atoms with Gasteiger partial charge in [0.2, 0.25) is 0 Å². The van der Waals surface area contributed by atoms with Gasteiger partial charge in [0.1, 0.15) is 11.9 Å². The van der Waals surface area contributed by atoms with Crippen molar-refractivity contribution >= 4 is 27.6 Å². The molecule has 3 aromatic rings. The highest BCUT2D eigenvalue weighted by molar-refractivity contribution is 7.20. The first-order valence-electron chi connectivity index (χ1n) is 9.39. The molecule has 7 heteroatoms. The zero-order valence-electron chi connectivity index (χ0n) is 15.8. The van der Waals surface area contributed by atoms with Gasteiger partial charge in [-0.05, 0) is 17.7 Å². The normalized spacial score (nSPS) is 14.8. The van der Waals surface area contributed by atoms with Gasteiger partial charge >= 0.3 is 6.03 Å². The zero-order chi connectivity index (χ0) is 19.3. The summed E-state index contributed by atoms with van der Waals surface area (Å²) in [6.45, 7) is 1.92. The van der Waals surface area contributed by atoms with Crippen LogP contribution >= 0.6 is 11.3 Å². The van der Waals surface area contributed by atoms with E-state index in [0.717, 1.165) is 34.4 Å². The quantitative estimate of drug-likeness (QED) is 0.705. The molecule has 0 atom stereocenters. The summed E-state index contributed by atoms with van der Waals surface area (Å²) in [5.74, 6) is 0.791. The molecule has 146 valence electrons. The van der Waals surface area contributed by atoms with Gasteiger partial charge in [-0.3, -0.25) is 0 Å². The lowest BCUT2D eigenvalue weighted by molar-refractivity contribution is 0.111. The molecule has 0 aliphatic carbocycles. The minimum atomic E-state index is -0.0191. The van der Waals surface area contributed by atoms with Crippen molar-refractivity contribution in [1.29, 1.82) is 0 Å². The molecular formula is C21H23N3O3S. The van der Waals surface area contributed by atoms with Crippen LogP contribution in [-0.4, -0.2) is 42.2 Å². The summed E-state index contributed by atoms with van der Waals surface area (Å²) in [5.41, 5.74) is 1.98. The number of hydrogen-bond acceptors (Lipinski definition) is 5. The number of piperidine rings is 1. The van der Waals surface area contributed by atoms with Crippen LogP contribution in [0.1, 0.15) is 18.4 Å². The molecule has 0 saturated carbocycles. The van der Waals surface area contributed by atoms with Crippen LogP contribution in [0.2, 0.25) is 0 Å². The Hall–Kier alpha value is -2.80. The fourth-order valence-electron chi connectivity index (χ4n) is 3.27. The summed E-state index contributed by atoms with van der Waals surface area (Å²) in [4.78, 5) is 18.8. The van der Waals surface area contributed by atoms with E-state index in [0.29, 0.717) is 24.8 Å².